The Morgan fingerprint density at radius 2 is 1.89 bits per heavy atom. The monoisotopic (exact) mass is 257 g/mol. The van der Waals surface area contributed by atoms with Crippen molar-refractivity contribution in [1.29, 1.82) is 0 Å². The summed E-state index contributed by atoms with van der Waals surface area (Å²) in [4.78, 5) is 23.1. The van der Waals surface area contributed by atoms with Crippen molar-refractivity contribution in [3.8, 4) is 0 Å². The maximum Gasteiger partial charge on any atom is 0.311 e. The van der Waals surface area contributed by atoms with Crippen LogP contribution in [0.2, 0.25) is 0 Å². The largest absolute Gasteiger partial charge is 0.481 e. The summed E-state index contributed by atoms with van der Waals surface area (Å²) in [6.07, 6.45) is 4.31. The molecule has 18 heavy (non-hydrogen) atoms. The van der Waals surface area contributed by atoms with Gasteiger partial charge in [0.1, 0.15) is 0 Å². The van der Waals surface area contributed by atoms with Crippen LogP contribution in [-0.4, -0.2) is 23.5 Å². The summed E-state index contributed by atoms with van der Waals surface area (Å²) in [7, 11) is 0. The normalized spacial score (nSPS) is 15.8. The first-order valence-electron chi connectivity index (χ1n) is 6.92. The molecule has 0 aromatic rings. The van der Waals surface area contributed by atoms with Crippen molar-refractivity contribution in [2.45, 2.75) is 59.8 Å². The molecule has 106 valence electrons. The number of carbonyl (C=O) groups is 2. The van der Waals surface area contributed by atoms with Crippen molar-refractivity contribution in [3.63, 3.8) is 0 Å². The third kappa shape index (κ3) is 5.07. The number of carbonyl (C=O) groups excluding carboxylic acids is 1. The van der Waals surface area contributed by atoms with Crippen molar-refractivity contribution in [2.24, 2.45) is 11.3 Å². The molecular formula is C14H27NO3. The van der Waals surface area contributed by atoms with Gasteiger partial charge in [0.05, 0.1) is 5.41 Å². The maximum absolute atomic E-state index is 12.0. The van der Waals surface area contributed by atoms with Gasteiger partial charge in [-0.05, 0) is 26.2 Å². The van der Waals surface area contributed by atoms with E-state index in [4.69, 9.17) is 5.11 Å². The Bertz CT molecular complexity index is 278. The Kier molecular flexibility index (Phi) is 7.64. The van der Waals surface area contributed by atoms with E-state index in [2.05, 4.69) is 12.2 Å². The molecule has 4 nitrogen and oxygen atoms in total. The van der Waals surface area contributed by atoms with Gasteiger partial charge in [-0.2, -0.15) is 0 Å². The minimum absolute atomic E-state index is 0.00752. The molecule has 0 aromatic heterocycles. The zero-order chi connectivity index (χ0) is 14.2. The first kappa shape index (κ1) is 16.9. The van der Waals surface area contributed by atoms with Gasteiger partial charge in [0, 0.05) is 12.5 Å². The number of carboxylic acid groups (broad SMARTS) is 1. The van der Waals surface area contributed by atoms with E-state index in [1.165, 1.54) is 0 Å². The molecule has 4 heteroatoms. The second kappa shape index (κ2) is 8.11. The van der Waals surface area contributed by atoms with Crippen LogP contribution in [0.5, 0.6) is 0 Å². The number of rotatable bonds is 9. The van der Waals surface area contributed by atoms with Crippen molar-refractivity contribution >= 4 is 11.9 Å². The van der Waals surface area contributed by atoms with Crippen LogP contribution in [0.4, 0.5) is 0 Å². The molecular weight excluding hydrogens is 230 g/mol. The summed E-state index contributed by atoms with van der Waals surface area (Å²) in [6, 6.07) is 0. The van der Waals surface area contributed by atoms with Crippen LogP contribution in [0.25, 0.3) is 0 Å². The van der Waals surface area contributed by atoms with E-state index in [9.17, 15) is 9.59 Å². The van der Waals surface area contributed by atoms with Crippen LogP contribution in [0.15, 0.2) is 0 Å². The quantitative estimate of drug-likeness (QED) is 0.667. The van der Waals surface area contributed by atoms with Gasteiger partial charge in [0.2, 0.25) is 5.91 Å². The summed E-state index contributed by atoms with van der Waals surface area (Å²) < 4.78 is 0. The average molecular weight is 257 g/mol. The van der Waals surface area contributed by atoms with Crippen molar-refractivity contribution in [3.05, 3.63) is 0 Å². The fraction of sp³-hybridized carbons (Fsp3) is 0.857. The molecule has 0 aliphatic rings. The highest BCUT2D eigenvalue weighted by Gasteiger charge is 2.32. The van der Waals surface area contributed by atoms with E-state index >= 15 is 0 Å². The zero-order valence-electron chi connectivity index (χ0n) is 12.1. The Balaban J connectivity index is 4.33. The van der Waals surface area contributed by atoms with Crippen LogP contribution in [0, 0.1) is 11.3 Å². The Morgan fingerprint density at radius 3 is 2.28 bits per heavy atom. The van der Waals surface area contributed by atoms with Gasteiger partial charge in [0.15, 0.2) is 0 Å². The van der Waals surface area contributed by atoms with Crippen molar-refractivity contribution < 1.29 is 14.7 Å². The number of aliphatic carboxylic acids is 1. The molecule has 0 aliphatic heterocycles. The van der Waals surface area contributed by atoms with E-state index in [1.54, 1.807) is 6.92 Å². The smallest absolute Gasteiger partial charge is 0.311 e. The van der Waals surface area contributed by atoms with Gasteiger partial charge < -0.3 is 10.4 Å². The van der Waals surface area contributed by atoms with Gasteiger partial charge >= 0.3 is 5.97 Å². The minimum Gasteiger partial charge on any atom is -0.481 e. The minimum atomic E-state index is -0.862. The molecule has 0 saturated carbocycles. The number of unbranched alkanes of at least 4 members (excludes halogenated alkanes) is 1. The van der Waals surface area contributed by atoms with E-state index in [1.807, 2.05) is 13.8 Å². The first-order chi connectivity index (χ1) is 8.41. The summed E-state index contributed by atoms with van der Waals surface area (Å²) in [5, 5.41) is 11.9. The number of amides is 1. The third-order valence-corrected chi connectivity index (χ3v) is 3.72. The summed E-state index contributed by atoms with van der Waals surface area (Å²) in [6.45, 7) is 7.80. The molecule has 0 radical (unpaired) electrons. The lowest BCUT2D eigenvalue weighted by molar-refractivity contribution is -0.148. The molecule has 0 aromatic carbocycles. The number of nitrogens with one attached hydrogen (secondary N) is 1. The van der Waals surface area contributed by atoms with Crippen LogP contribution in [0.3, 0.4) is 0 Å². The molecule has 0 spiro atoms. The second-order valence-electron chi connectivity index (χ2n) is 5.18. The molecule has 0 fully saturated rings. The summed E-state index contributed by atoms with van der Waals surface area (Å²) in [5.41, 5.74) is -0.862. The van der Waals surface area contributed by atoms with Crippen LogP contribution in [0.1, 0.15) is 59.8 Å². The van der Waals surface area contributed by atoms with Gasteiger partial charge in [-0.15, -0.1) is 0 Å². The second-order valence-corrected chi connectivity index (χ2v) is 5.18. The third-order valence-electron chi connectivity index (χ3n) is 3.72. The molecule has 0 bridgehead atoms. The van der Waals surface area contributed by atoms with Crippen LogP contribution < -0.4 is 5.32 Å². The van der Waals surface area contributed by atoms with Crippen LogP contribution in [-0.2, 0) is 9.59 Å². The van der Waals surface area contributed by atoms with E-state index in [0.29, 0.717) is 6.42 Å². The molecule has 1 amide bonds. The van der Waals surface area contributed by atoms with Crippen molar-refractivity contribution in [2.75, 3.05) is 6.54 Å². The molecule has 0 aliphatic carbocycles. The average Bonchev–Trinajstić information content (AvgIpc) is 2.36. The van der Waals surface area contributed by atoms with Gasteiger partial charge in [0.25, 0.3) is 0 Å². The van der Waals surface area contributed by atoms with Gasteiger partial charge in [-0.1, -0.05) is 33.6 Å². The first-order valence-corrected chi connectivity index (χ1v) is 6.92. The Morgan fingerprint density at radius 1 is 1.28 bits per heavy atom. The van der Waals surface area contributed by atoms with Crippen molar-refractivity contribution in [1.82, 2.24) is 5.32 Å². The number of hydrogen-bond donors (Lipinski definition) is 2. The Hall–Kier alpha value is -1.06. The molecule has 0 saturated heterocycles. The molecule has 0 heterocycles. The molecule has 2 N–H and O–H groups in total. The summed E-state index contributed by atoms with van der Waals surface area (Å²) >= 11 is 0. The predicted molar refractivity (Wildman–Crippen MR) is 72.3 cm³/mol. The predicted octanol–water partition coefficient (Wildman–Crippen LogP) is 2.82. The highest BCUT2D eigenvalue weighted by Crippen LogP contribution is 2.20. The fourth-order valence-electron chi connectivity index (χ4n) is 1.75. The van der Waals surface area contributed by atoms with Gasteiger partial charge in [-0.3, -0.25) is 9.59 Å². The Labute approximate surface area is 110 Å². The topological polar surface area (TPSA) is 66.4 Å². The summed E-state index contributed by atoms with van der Waals surface area (Å²) in [5.74, 6) is -0.848. The van der Waals surface area contributed by atoms with E-state index in [-0.39, 0.29) is 18.4 Å². The number of hydrogen-bond acceptors (Lipinski definition) is 2. The zero-order valence-corrected chi connectivity index (χ0v) is 12.1. The fourth-order valence-corrected chi connectivity index (χ4v) is 1.75. The lowest BCUT2D eigenvalue weighted by atomic mass is 9.87. The van der Waals surface area contributed by atoms with E-state index in [0.717, 1.165) is 25.7 Å². The highest BCUT2D eigenvalue weighted by molar-refractivity contribution is 5.80. The standard InChI is InChI=1S/C14H27NO3/c1-5-8-9-11(6-2)12(16)15-10-14(4,7-3)13(17)18/h11H,5-10H2,1-4H3,(H,15,16)(H,17,18). The molecule has 2 unspecified atom stereocenters. The number of carboxylic acids is 1. The highest BCUT2D eigenvalue weighted by atomic mass is 16.4. The van der Waals surface area contributed by atoms with E-state index < -0.39 is 11.4 Å². The SMILES string of the molecule is CCCCC(CC)C(=O)NCC(C)(CC)C(=O)O. The van der Waals surface area contributed by atoms with Gasteiger partial charge in [-0.25, -0.2) is 0 Å². The lowest BCUT2D eigenvalue weighted by Gasteiger charge is -2.24. The maximum atomic E-state index is 12.0. The van der Waals surface area contributed by atoms with Crippen LogP contribution >= 0.6 is 0 Å². The molecule has 2 atom stereocenters. The molecule has 0 rings (SSSR count). The lowest BCUT2D eigenvalue weighted by Crippen LogP contribution is -2.42.